The molecular formula is C16H28N4O. The fourth-order valence-corrected chi connectivity index (χ4v) is 2.53. The lowest BCUT2D eigenvalue weighted by Gasteiger charge is -2.30. The Morgan fingerprint density at radius 1 is 1.33 bits per heavy atom. The number of rotatable bonds is 6. The molecule has 0 unspecified atom stereocenters. The number of piperidine rings is 1. The van der Waals surface area contributed by atoms with Gasteiger partial charge in [0.15, 0.2) is 0 Å². The highest BCUT2D eigenvalue weighted by atomic mass is 16.5. The van der Waals surface area contributed by atoms with E-state index < -0.39 is 0 Å². The lowest BCUT2D eigenvalue weighted by atomic mass is 9.99. The Morgan fingerprint density at radius 3 is 2.71 bits per heavy atom. The van der Waals surface area contributed by atoms with Gasteiger partial charge in [-0.25, -0.2) is 4.98 Å². The molecule has 0 amide bonds. The standard InChI is InChI=1S/C16H28N4O/c1-12(2)21-15-11-14(4)18-16(19-15)17-7-10-20-8-5-13(3)6-9-20/h11-13H,5-10H2,1-4H3,(H,17,18,19). The summed E-state index contributed by atoms with van der Waals surface area (Å²) in [6.07, 6.45) is 2.75. The lowest BCUT2D eigenvalue weighted by Crippen LogP contribution is -2.36. The van der Waals surface area contributed by atoms with Crippen LogP contribution in [0.1, 0.15) is 39.3 Å². The molecule has 0 spiro atoms. The van der Waals surface area contributed by atoms with E-state index in [0.29, 0.717) is 11.8 Å². The third-order valence-corrected chi connectivity index (χ3v) is 3.77. The summed E-state index contributed by atoms with van der Waals surface area (Å²) in [6, 6.07) is 1.87. The zero-order valence-corrected chi connectivity index (χ0v) is 13.7. The largest absolute Gasteiger partial charge is 0.475 e. The second-order valence-corrected chi connectivity index (χ2v) is 6.29. The molecule has 118 valence electrons. The summed E-state index contributed by atoms with van der Waals surface area (Å²) in [5, 5.41) is 3.31. The first-order valence-electron chi connectivity index (χ1n) is 8.01. The van der Waals surface area contributed by atoms with Gasteiger partial charge in [-0.15, -0.1) is 0 Å². The molecule has 0 saturated carbocycles. The monoisotopic (exact) mass is 292 g/mol. The van der Waals surface area contributed by atoms with Crippen molar-refractivity contribution in [2.45, 2.75) is 46.6 Å². The third-order valence-electron chi connectivity index (χ3n) is 3.77. The van der Waals surface area contributed by atoms with Gasteiger partial charge in [0.1, 0.15) is 0 Å². The molecule has 5 nitrogen and oxygen atoms in total. The van der Waals surface area contributed by atoms with Crippen LogP contribution in [0.25, 0.3) is 0 Å². The van der Waals surface area contributed by atoms with Crippen molar-refractivity contribution >= 4 is 5.95 Å². The number of nitrogens with zero attached hydrogens (tertiary/aromatic N) is 3. The molecule has 21 heavy (non-hydrogen) atoms. The van der Waals surface area contributed by atoms with E-state index in [1.54, 1.807) is 0 Å². The summed E-state index contributed by atoms with van der Waals surface area (Å²) in [5.41, 5.74) is 0.926. The zero-order valence-electron chi connectivity index (χ0n) is 13.7. The Balaban J connectivity index is 1.81. The maximum atomic E-state index is 5.64. The van der Waals surface area contributed by atoms with Crippen molar-refractivity contribution in [3.63, 3.8) is 0 Å². The van der Waals surface area contributed by atoms with Gasteiger partial charge < -0.3 is 15.0 Å². The van der Waals surface area contributed by atoms with Gasteiger partial charge in [0.05, 0.1) is 6.10 Å². The van der Waals surface area contributed by atoms with Crippen molar-refractivity contribution in [2.24, 2.45) is 5.92 Å². The molecule has 2 rings (SSSR count). The number of hydrogen-bond donors (Lipinski definition) is 1. The summed E-state index contributed by atoms with van der Waals surface area (Å²) >= 11 is 0. The Kier molecular flexibility index (Phi) is 5.79. The maximum absolute atomic E-state index is 5.64. The van der Waals surface area contributed by atoms with Crippen LogP contribution in [0, 0.1) is 12.8 Å². The predicted molar refractivity (Wildman–Crippen MR) is 85.9 cm³/mol. The van der Waals surface area contributed by atoms with Crippen molar-refractivity contribution in [2.75, 3.05) is 31.5 Å². The van der Waals surface area contributed by atoms with Gasteiger partial charge in [0, 0.05) is 24.8 Å². The van der Waals surface area contributed by atoms with Gasteiger partial charge in [-0.3, -0.25) is 0 Å². The molecule has 5 heteroatoms. The highest BCUT2D eigenvalue weighted by Crippen LogP contribution is 2.16. The molecule has 1 aliphatic rings. The number of anilines is 1. The van der Waals surface area contributed by atoms with Crippen LogP contribution in [0.5, 0.6) is 5.88 Å². The average Bonchev–Trinajstić information content (AvgIpc) is 2.39. The first-order valence-corrected chi connectivity index (χ1v) is 8.01. The maximum Gasteiger partial charge on any atom is 0.226 e. The van der Waals surface area contributed by atoms with E-state index >= 15 is 0 Å². The van der Waals surface area contributed by atoms with Gasteiger partial charge in [-0.1, -0.05) is 6.92 Å². The molecule has 1 aliphatic heterocycles. The smallest absolute Gasteiger partial charge is 0.226 e. The minimum Gasteiger partial charge on any atom is -0.475 e. The SMILES string of the molecule is Cc1cc(OC(C)C)nc(NCCN2CCC(C)CC2)n1. The molecule has 1 saturated heterocycles. The van der Waals surface area contributed by atoms with E-state index in [2.05, 4.69) is 27.1 Å². The quantitative estimate of drug-likeness (QED) is 0.873. The number of aromatic nitrogens is 2. The van der Waals surface area contributed by atoms with E-state index in [9.17, 15) is 0 Å². The van der Waals surface area contributed by atoms with Crippen LogP contribution < -0.4 is 10.1 Å². The summed E-state index contributed by atoms with van der Waals surface area (Å²) in [6.45, 7) is 12.6. The molecule has 2 heterocycles. The Bertz CT molecular complexity index is 442. The van der Waals surface area contributed by atoms with Gasteiger partial charge in [0.25, 0.3) is 0 Å². The Hall–Kier alpha value is -1.36. The second-order valence-electron chi connectivity index (χ2n) is 6.29. The molecule has 0 aromatic carbocycles. The van der Waals surface area contributed by atoms with Crippen LogP contribution in [0.15, 0.2) is 6.07 Å². The molecule has 1 aromatic rings. The van der Waals surface area contributed by atoms with E-state index in [1.807, 2.05) is 26.8 Å². The molecule has 1 fully saturated rings. The number of ether oxygens (including phenoxy) is 1. The molecule has 0 aliphatic carbocycles. The number of nitrogens with one attached hydrogen (secondary N) is 1. The molecule has 0 bridgehead atoms. The minimum absolute atomic E-state index is 0.127. The van der Waals surface area contributed by atoms with Crippen LogP contribution in [-0.4, -0.2) is 47.2 Å². The predicted octanol–water partition coefficient (Wildman–Crippen LogP) is 2.72. The van der Waals surface area contributed by atoms with Crippen molar-refractivity contribution in [3.8, 4) is 5.88 Å². The number of hydrogen-bond acceptors (Lipinski definition) is 5. The zero-order chi connectivity index (χ0) is 15.2. The summed E-state index contributed by atoms with van der Waals surface area (Å²) in [7, 11) is 0. The molecule has 1 aromatic heterocycles. The molecular weight excluding hydrogens is 264 g/mol. The van der Waals surface area contributed by atoms with Crippen LogP contribution >= 0.6 is 0 Å². The second kappa shape index (κ2) is 7.59. The first-order chi connectivity index (χ1) is 10.0. The van der Waals surface area contributed by atoms with Gasteiger partial charge in [-0.2, -0.15) is 4.98 Å². The van der Waals surface area contributed by atoms with E-state index in [-0.39, 0.29) is 6.10 Å². The van der Waals surface area contributed by atoms with Crippen LogP contribution in [0.2, 0.25) is 0 Å². The summed E-state index contributed by atoms with van der Waals surface area (Å²) in [4.78, 5) is 11.3. The van der Waals surface area contributed by atoms with E-state index in [1.165, 1.54) is 25.9 Å². The lowest BCUT2D eigenvalue weighted by molar-refractivity contribution is 0.199. The highest BCUT2D eigenvalue weighted by molar-refractivity contribution is 5.30. The van der Waals surface area contributed by atoms with Crippen molar-refractivity contribution in [1.29, 1.82) is 0 Å². The molecule has 1 N–H and O–H groups in total. The molecule has 0 radical (unpaired) electrons. The van der Waals surface area contributed by atoms with Crippen LogP contribution in [0.4, 0.5) is 5.95 Å². The fraction of sp³-hybridized carbons (Fsp3) is 0.750. The fourth-order valence-electron chi connectivity index (χ4n) is 2.53. The third kappa shape index (κ3) is 5.50. The van der Waals surface area contributed by atoms with Crippen LogP contribution in [0.3, 0.4) is 0 Å². The van der Waals surface area contributed by atoms with Crippen molar-refractivity contribution in [1.82, 2.24) is 14.9 Å². The van der Waals surface area contributed by atoms with Crippen LogP contribution in [-0.2, 0) is 0 Å². The average molecular weight is 292 g/mol. The normalized spacial score (nSPS) is 17.2. The summed E-state index contributed by atoms with van der Waals surface area (Å²) in [5.74, 6) is 2.19. The van der Waals surface area contributed by atoms with E-state index in [4.69, 9.17) is 4.74 Å². The Morgan fingerprint density at radius 2 is 2.05 bits per heavy atom. The first kappa shape index (κ1) is 16.0. The van der Waals surface area contributed by atoms with Gasteiger partial charge >= 0.3 is 0 Å². The van der Waals surface area contributed by atoms with Crippen molar-refractivity contribution in [3.05, 3.63) is 11.8 Å². The number of likely N-dealkylation sites (tertiary alicyclic amines) is 1. The van der Waals surface area contributed by atoms with E-state index in [0.717, 1.165) is 24.7 Å². The minimum atomic E-state index is 0.127. The number of aryl methyl sites for hydroxylation is 1. The topological polar surface area (TPSA) is 50.3 Å². The summed E-state index contributed by atoms with van der Waals surface area (Å²) < 4.78 is 5.64. The van der Waals surface area contributed by atoms with Gasteiger partial charge in [0.2, 0.25) is 11.8 Å². The highest BCUT2D eigenvalue weighted by Gasteiger charge is 2.15. The molecule has 0 atom stereocenters. The Labute approximate surface area is 128 Å². The van der Waals surface area contributed by atoms with Gasteiger partial charge in [-0.05, 0) is 52.6 Å². The van der Waals surface area contributed by atoms with Crippen molar-refractivity contribution < 1.29 is 4.74 Å².